The summed E-state index contributed by atoms with van der Waals surface area (Å²) < 4.78 is 20.5. The second-order valence-electron chi connectivity index (χ2n) is 5.63. The summed E-state index contributed by atoms with van der Waals surface area (Å²) >= 11 is 0. The van der Waals surface area contributed by atoms with Crippen LogP contribution in [-0.2, 0) is 5.67 Å². The third kappa shape index (κ3) is 3.02. The highest BCUT2D eigenvalue weighted by molar-refractivity contribution is 5.32. The molecule has 1 atom stereocenters. The van der Waals surface area contributed by atoms with E-state index in [-0.39, 0.29) is 6.54 Å². The van der Waals surface area contributed by atoms with Gasteiger partial charge in [-0.25, -0.2) is 4.39 Å². The Hall–Kier alpha value is -1.09. The van der Waals surface area contributed by atoms with Gasteiger partial charge in [-0.3, -0.25) is 0 Å². The number of benzene rings is 1. The molecule has 1 aromatic carbocycles. The van der Waals surface area contributed by atoms with Crippen molar-refractivity contribution in [2.24, 2.45) is 11.1 Å². The molecule has 0 spiro atoms. The molecule has 0 saturated carbocycles. The maximum Gasteiger partial charge on any atom is 0.152 e. The van der Waals surface area contributed by atoms with Gasteiger partial charge in [0.25, 0.3) is 0 Å². The molecule has 0 fully saturated rings. The Morgan fingerprint density at radius 2 is 1.72 bits per heavy atom. The summed E-state index contributed by atoms with van der Waals surface area (Å²) in [5, 5.41) is 0. The molecule has 1 rings (SSSR count). The second kappa shape index (κ2) is 5.70. The number of hydrogen-bond acceptors (Lipinski definition) is 2. The first kappa shape index (κ1) is 15.0. The van der Waals surface area contributed by atoms with Gasteiger partial charge in [-0.1, -0.05) is 39.8 Å². The number of alkyl halides is 1. The highest BCUT2D eigenvalue weighted by Crippen LogP contribution is 2.42. The van der Waals surface area contributed by atoms with E-state index in [4.69, 9.17) is 10.5 Å². The Bertz CT molecular complexity index is 369. The lowest BCUT2D eigenvalue weighted by Crippen LogP contribution is -2.42. The molecule has 102 valence electrons. The number of rotatable bonds is 5. The first-order valence-corrected chi connectivity index (χ1v) is 6.47. The van der Waals surface area contributed by atoms with E-state index in [1.807, 2.05) is 20.8 Å². The lowest BCUT2D eigenvalue weighted by atomic mass is 9.73. The fraction of sp³-hybridized carbons (Fsp3) is 0.600. The molecule has 18 heavy (non-hydrogen) atoms. The number of hydrogen-bond donors (Lipinski definition) is 1. The van der Waals surface area contributed by atoms with Crippen LogP contribution < -0.4 is 10.5 Å². The van der Waals surface area contributed by atoms with Crippen LogP contribution in [0.3, 0.4) is 0 Å². The topological polar surface area (TPSA) is 35.2 Å². The van der Waals surface area contributed by atoms with E-state index >= 15 is 0 Å². The first-order chi connectivity index (χ1) is 8.35. The zero-order valence-corrected chi connectivity index (χ0v) is 11.8. The monoisotopic (exact) mass is 253 g/mol. The van der Waals surface area contributed by atoms with Gasteiger partial charge >= 0.3 is 0 Å². The Morgan fingerprint density at radius 3 is 2.11 bits per heavy atom. The molecule has 0 amide bonds. The van der Waals surface area contributed by atoms with Crippen LogP contribution in [0.5, 0.6) is 5.75 Å². The molecular formula is C15H24FNO. The van der Waals surface area contributed by atoms with Crippen molar-refractivity contribution in [3.63, 3.8) is 0 Å². The van der Waals surface area contributed by atoms with Crippen LogP contribution in [0.1, 0.15) is 39.7 Å². The van der Waals surface area contributed by atoms with Crippen LogP contribution in [0.25, 0.3) is 0 Å². The average Bonchev–Trinajstić information content (AvgIpc) is 2.34. The van der Waals surface area contributed by atoms with Crippen LogP contribution in [-0.4, -0.2) is 13.2 Å². The van der Waals surface area contributed by atoms with E-state index in [9.17, 15) is 4.39 Å². The van der Waals surface area contributed by atoms with Gasteiger partial charge in [0.15, 0.2) is 5.67 Å². The quantitative estimate of drug-likeness (QED) is 0.869. The summed E-state index contributed by atoms with van der Waals surface area (Å²) in [5.41, 5.74) is 4.20. The van der Waals surface area contributed by atoms with Gasteiger partial charge in [0, 0.05) is 12.0 Å². The van der Waals surface area contributed by atoms with Crippen molar-refractivity contribution in [2.45, 2.75) is 39.8 Å². The van der Waals surface area contributed by atoms with Crippen LogP contribution in [0, 0.1) is 5.41 Å². The third-order valence-electron chi connectivity index (χ3n) is 3.25. The van der Waals surface area contributed by atoms with Crippen molar-refractivity contribution in [1.82, 2.24) is 0 Å². The summed E-state index contributed by atoms with van der Waals surface area (Å²) in [7, 11) is 0. The predicted octanol–water partition coefficient (Wildman–Crippen LogP) is 3.65. The lowest BCUT2D eigenvalue weighted by molar-refractivity contribution is 0.0343. The summed E-state index contributed by atoms with van der Waals surface area (Å²) in [5.74, 6) is 0.772. The standard InChI is InChI=1S/C15H24FNO/c1-5-10-18-13-8-6-12(7-9-13)15(16,11-17)14(2,3)4/h6-9H,5,10-11,17H2,1-4H3. The van der Waals surface area contributed by atoms with E-state index in [1.54, 1.807) is 24.3 Å². The molecule has 0 bridgehead atoms. The van der Waals surface area contributed by atoms with Gasteiger partial charge in [-0.2, -0.15) is 0 Å². The minimum atomic E-state index is -1.52. The SMILES string of the molecule is CCCOc1ccc(C(F)(CN)C(C)(C)C)cc1. The highest BCUT2D eigenvalue weighted by atomic mass is 19.1. The molecule has 0 heterocycles. The summed E-state index contributed by atoms with van der Waals surface area (Å²) in [6.07, 6.45) is 0.958. The van der Waals surface area contributed by atoms with Crippen molar-refractivity contribution < 1.29 is 9.13 Å². The largest absolute Gasteiger partial charge is 0.494 e. The molecule has 0 saturated heterocycles. The molecule has 1 aromatic rings. The molecule has 0 radical (unpaired) electrons. The molecule has 0 aliphatic heterocycles. The zero-order valence-electron chi connectivity index (χ0n) is 11.8. The van der Waals surface area contributed by atoms with E-state index < -0.39 is 11.1 Å². The molecule has 1 unspecified atom stereocenters. The number of nitrogens with two attached hydrogens (primary N) is 1. The molecule has 3 heteroatoms. The van der Waals surface area contributed by atoms with Gasteiger partial charge < -0.3 is 10.5 Å². The first-order valence-electron chi connectivity index (χ1n) is 6.47. The third-order valence-corrected chi connectivity index (χ3v) is 3.25. The zero-order chi connectivity index (χ0) is 13.8. The number of ether oxygens (including phenoxy) is 1. The maximum atomic E-state index is 15.0. The maximum absolute atomic E-state index is 15.0. The summed E-state index contributed by atoms with van der Waals surface area (Å²) in [6.45, 7) is 8.29. The minimum Gasteiger partial charge on any atom is -0.494 e. The van der Waals surface area contributed by atoms with Gasteiger partial charge in [0.1, 0.15) is 5.75 Å². The predicted molar refractivity (Wildman–Crippen MR) is 73.5 cm³/mol. The lowest BCUT2D eigenvalue weighted by Gasteiger charge is -2.37. The van der Waals surface area contributed by atoms with Gasteiger partial charge in [0.05, 0.1) is 6.61 Å². The molecule has 0 aromatic heterocycles. The van der Waals surface area contributed by atoms with Crippen LogP contribution in [0.4, 0.5) is 4.39 Å². The number of halogens is 1. The van der Waals surface area contributed by atoms with Crippen molar-refractivity contribution in [3.05, 3.63) is 29.8 Å². The smallest absolute Gasteiger partial charge is 0.152 e. The molecular weight excluding hydrogens is 229 g/mol. The highest BCUT2D eigenvalue weighted by Gasteiger charge is 2.42. The summed E-state index contributed by atoms with van der Waals surface area (Å²) in [6, 6.07) is 7.15. The normalized spacial score (nSPS) is 15.2. The molecule has 2 nitrogen and oxygen atoms in total. The van der Waals surface area contributed by atoms with Crippen molar-refractivity contribution in [2.75, 3.05) is 13.2 Å². The van der Waals surface area contributed by atoms with E-state index in [2.05, 4.69) is 6.92 Å². The van der Waals surface area contributed by atoms with E-state index in [0.717, 1.165) is 12.2 Å². The van der Waals surface area contributed by atoms with E-state index in [0.29, 0.717) is 12.2 Å². The van der Waals surface area contributed by atoms with Gasteiger partial charge in [-0.05, 0) is 24.1 Å². The van der Waals surface area contributed by atoms with Crippen LogP contribution in [0.2, 0.25) is 0 Å². The molecule has 0 aliphatic rings. The second-order valence-corrected chi connectivity index (χ2v) is 5.63. The van der Waals surface area contributed by atoms with Gasteiger partial charge in [0.2, 0.25) is 0 Å². The Labute approximate surface area is 109 Å². The Kier molecular flexibility index (Phi) is 4.74. The van der Waals surface area contributed by atoms with E-state index in [1.165, 1.54) is 0 Å². The average molecular weight is 253 g/mol. The molecule has 0 aliphatic carbocycles. The van der Waals surface area contributed by atoms with Crippen molar-refractivity contribution in [3.8, 4) is 5.75 Å². The summed E-state index contributed by atoms with van der Waals surface area (Å²) in [4.78, 5) is 0. The fourth-order valence-corrected chi connectivity index (χ4v) is 1.89. The molecule has 2 N–H and O–H groups in total. The van der Waals surface area contributed by atoms with Gasteiger partial charge in [-0.15, -0.1) is 0 Å². The van der Waals surface area contributed by atoms with Crippen molar-refractivity contribution >= 4 is 0 Å². The van der Waals surface area contributed by atoms with Crippen molar-refractivity contribution in [1.29, 1.82) is 0 Å². The van der Waals surface area contributed by atoms with Crippen LogP contribution >= 0.6 is 0 Å². The fourth-order valence-electron chi connectivity index (χ4n) is 1.89. The van der Waals surface area contributed by atoms with Crippen LogP contribution in [0.15, 0.2) is 24.3 Å². The minimum absolute atomic E-state index is 0.0222. The Balaban J connectivity index is 2.96. The Morgan fingerprint density at radius 1 is 1.17 bits per heavy atom.